The number of hydrogen-bond donors (Lipinski definition) is 3. The summed E-state index contributed by atoms with van der Waals surface area (Å²) >= 11 is 4.23. The van der Waals surface area contributed by atoms with Crippen LogP contribution in [-0.2, 0) is 4.74 Å². The van der Waals surface area contributed by atoms with Crippen LogP contribution in [0.2, 0.25) is 0 Å². The molecule has 1 fully saturated rings. The van der Waals surface area contributed by atoms with E-state index in [0.717, 1.165) is 0 Å². The van der Waals surface area contributed by atoms with Crippen LogP contribution in [0.5, 0.6) is 0 Å². The van der Waals surface area contributed by atoms with Gasteiger partial charge in [0.1, 0.15) is 6.23 Å². The van der Waals surface area contributed by atoms with E-state index < -0.39 is 5.69 Å². The van der Waals surface area contributed by atoms with Crippen molar-refractivity contribution < 1.29 is 4.74 Å². The first-order chi connectivity index (χ1) is 8.56. The monoisotopic (exact) mass is 271 g/mol. The minimum atomic E-state index is -0.440. The first kappa shape index (κ1) is 13.4. The van der Waals surface area contributed by atoms with E-state index in [1.807, 2.05) is 7.05 Å². The van der Waals surface area contributed by atoms with Gasteiger partial charge in [-0.25, -0.2) is 4.79 Å². The molecule has 0 bridgehead atoms. The van der Waals surface area contributed by atoms with E-state index in [1.165, 1.54) is 4.57 Å². The number of H-pyrrole nitrogens is 1. The molecule has 0 radical (unpaired) electrons. The summed E-state index contributed by atoms with van der Waals surface area (Å²) in [6.45, 7) is 1.66. The van der Waals surface area contributed by atoms with Gasteiger partial charge in [-0.3, -0.25) is 14.3 Å². The number of ether oxygens (including phenoxy) is 1. The fourth-order valence-electron chi connectivity index (χ4n) is 2.17. The Bertz CT molecular complexity index is 527. The standard InChI is InChI=1S/C11H17N3O3S/c1-6-4-14(11(16)13-10(6)15)9-3-7(12-2)8(5-18)17-9/h4,7-9,12,18H,3,5H2,1-2H3,(H,13,15,16)/t7-,8+,9+/m0/s1. The molecule has 2 heterocycles. The SMILES string of the molecule is CN[C@H]1C[C@H](n2cc(C)c(=O)[nH]c2=O)O[C@@H]1CS. The number of likely N-dealkylation sites (N-methyl/N-ethyl adjacent to an activating group) is 1. The summed E-state index contributed by atoms with van der Waals surface area (Å²) in [6.07, 6.45) is 1.82. The van der Waals surface area contributed by atoms with Crippen LogP contribution in [0.25, 0.3) is 0 Å². The van der Waals surface area contributed by atoms with Gasteiger partial charge in [-0.05, 0) is 14.0 Å². The van der Waals surface area contributed by atoms with Gasteiger partial charge in [0.25, 0.3) is 5.56 Å². The smallest absolute Gasteiger partial charge is 0.330 e. The Hall–Kier alpha value is -1.05. The molecule has 100 valence electrons. The molecule has 1 aromatic heterocycles. The normalized spacial score (nSPS) is 27.6. The molecule has 1 saturated heterocycles. The van der Waals surface area contributed by atoms with E-state index in [2.05, 4.69) is 22.9 Å². The van der Waals surface area contributed by atoms with Crippen molar-refractivity contribution in [3.05, 3.63) is 32.6 Å². The lowest BCUT2D eigenvalue weighted by Crippen LogP contribution is -2.34. The van der Waals surface area contributed by atoms with Gasteiger partial charge in [-0.2, -0.15) is 12.6 Å². The number of thiol groups is 1. The minimum absolute atomic E-state index is 0.0394. The van der Waals surface area contributed by atoms with E-state index >= 15 is 0 Å². The molecule has 3 atom stereocenters. The highest BCUT2D eigenvalue weighted by Crippen LogP contribution is 2.27. The van der Waals surface area contributed by atoms with Crippen LogP contribution in [0, 0.1) is 6.92 Å². The molecule has 0 amide bonds. The topological polar surface area (TPSA) is 76.1 Å². The molecule has 2 N–H and O–H groups in total. The lowest BCUT2D eigenvalue weighted by Gasteiger charge is -2.15. The largest absolute Gasteiger partial charge is 0.352 e. The van der Waals surface area contributed by atoms with Gasteiger partial charge in [0.2, 0.25) is 0 Å². The van der Waals surface area contributed by atoms with Crippen LogP contribution in [0.1, 0.15) is 18.2 Å². The zero-order valence-electron chi connectivity index (χ0n) is 10.3. The number of nitrogens with zero attached hydrogens (tertiary/aromatic N) is 1. The lowest BCUT2D eigenvalue weighted by molar-refractivity contribution is 0.00718. The van der Waals surface area contributed by atoms with Crippen molar-refractivity contribution in [2.24, 2.45) is 0 Å². The van der Waals surface area contributed by atoms with Crippen molar-refractivity contribution >= 4 is 12.6 Å². The minimum Gasteiger partial charge on any atom is -0.352 e. The summed E-state index contributed by atoms with van der Waals surface area (Å²) in [4.78, 5) is 25.4. The molecule has 2 rings (SSSR count). The average Bonchev–Trinajstić information content (AvgIpc) is 2.76. The van der Waals surface area contributed by atoms with E-state index in [0.29, 0.717) is 17.7 Å². The molecular weight excluding hydrogens is 254 g/mol. The Labute approximate surface area is 110 Å². The van der Waals surface area contributed by atoms with Crippen molar-refractivity contribution in [2.45, 2.75) is 31.7 Å². The van der Waals surface area contributed by atoms with Crippen LogP contribution in [0.4, 0.5) is 0 Å². The quantitative estimate of drug-likeness (QED) is 0.657. The summed E-state index contributed by atoms with van der Waals surface area (Å²) in [5.74, 6) is 0.582. The highest BCUT2D eigenvalue weighted by atomic mass is 32.1. The molecule has 7 heteroatoms. The molecule has 1 aliphatic heterocycles. The molecule has 0 aliphatic carbocycles. The number of rotatable bonds is 3. The molecule has 1 aromatic rings. The number of aromatic amines is 1. The Morgan fingerprint density at radius 2 is 2.33 bits per heavy atom. The number of aryl methyl sites for hydroxylation is 1. The zero-order chi connectivity index (χ0) is 13.3. The Morgan fingerprint density at radius 3 is 2.89 bits per heavy atom. The molecule has 0 spiro atoms. The molecule has 0 saturated carbocycles. The van der Waals surface area contributed by atoms with E-state index in [-0.39, 0.29) is 23.9 Å². The maximum absolute atomic E-state index is 11.8. The predicted molar refractivity (Wildman–Crippen MR) is 71.3 cm³/mol. The van der Waals surface area contributed by atoms with Crippen LogP contribution < -0.4 is 16.6 Å². The van der Waals surface area contributed by atoms with Crippen molar-refractivity contribution in [3.8, 4) is 0 Å². The van der Waals surface area contributed by atoms with E-state index in [9.17, 15) is 9.59 Å². The van der Waals surface area contributed by atoms with Crippen molar-refractivity contribution in [3.63, 3.8) is 0 Å². The van der Waals surface area contributed by atoms with Crippen LogP contribution in [0.15, 0.2) is 15.8 Å². The van der Waals surface area contributed by atoms with Gasteiger partial charge in [-0.15, -0.1) is 0 Å². The van der Waals surface area contributed by atoms with Gasteiger partial charge >= 0.3 is 5.69 Å². The third kappa shape index (κ3) is 2.38. The molecule has 0 aromatic carbocycles. The van der Waals surface area contributed by atoms with Crippen LogP contribution >= 0.6 is 12.6 Å². The fraction of sp³-hybridized carbons (Fsp3) is 0.636. The first-order valence-electron chi connectivity index (χ1n) is 5.82. The van der Waals surface area contributed by atoms with E-state index in [1.54, 1.807) is 13.1 Å². The second kappa shape index (κ2) is 5.29. The first-order valence-corrected chi connectivity index (χ1v) is 6.45. The molecule has 6 nitrogen and oxygen atoms in total. The fourth-order valence-corrected chi connectivity index (χ4v) is 2.51. The van der Waals surface area contributed by atoms with Gasteiger partial charge in [0, 0.05) is 30.0 Å². The average molecular weight is 271 g/mol. The highest BCUT2D eigenvalue weighted by Gasteiger charge is 2.34. The third-order valence-corrected chi connectivity index (χ3v) is 3.60. The van der Waals surface area contributed by atoms with Crippen molar-refractivity contribution in [1.82, 2.24) is 14.9 Å². The second-order valence-electron chi connectivity index (χ2n) is 4.42. The number of hydrogen-bond acceptors (Lipinski definition) is 5. The van der Waals surface area contributed by atoms with Crippen molar-refractivity contribution in [2.75, 3.05) is 12.8 Å². The molecule has 0 unspecified atom stereocenters. The number of aromatic nitrogens is 2. The van der Waals surface area contributed by atoms with Gasteiger partial charge < -0.3 is 10.1 Å². The van der Waals surface area contributed by atoms with Crippen molar-refractivity contribution in [1.29, 1.82) is 0 Å². The van der Waals surface area contributed by atoms with Gasteiger partial charge in [-0.1, -0.05) is 0 Å². The maximum atomic E-state index is 11.8. The third-order valence-electron chi connectivity index (χ3n) is 3.24. The summed E-state index contributed by atoms with van der Waals surface area (Å²) in [5, 5.41) is 3.15. The van der Waals surface area contributed by atoms with Crippen LogP contribution in [-0.4, -0.2) is 34.5 Å². The summed E-state index contributed by atoms with van der Waals surface area (Å²) in [5.41, 5.74) is -0.302. The summed E-state index contributed by atoms with van der Waals surface area (Å²) in [6, 6.07) is 0.159. The Morgan fingerprint density at radius 1 is 1.61 bits per heavy atom. The summed E-state index contributed by atoms with van der Waals surface area (Å²) < 4.78 is 7.21. The Kier molecular flexibility index (Phi) is 3.94. The predicted octanol–water partition coefficient (Wildman–Crippen LogP) is -0.350. The van der Waals surface area contributed by atoms with Crippen LogP contribution in [0.3, 0.4) is 0 Å². The van der Waals surface area contributed by atoms with Gasteiger partial charge in [0.15, 0.2) is 0 Å². The lowest BCUT2D eigenvalue weighted by atomic mass is 10.1. The molecule has 18 heavy (non-hydrogen) atoms. The summed E-state index contributed by atoms with van der Waals surface area (Å²) in [7, 11) is 1.85. The Balaban J connectivity index is 2.31. The van der Waals surface area contributed by atoms with Gasteiger partial charge in [0.05, 0.1) is 6.10 Å². The maximum Gasteiger partial charge on any atom is 0.330 e. The van der Waals surface area contributed by atoms with E-state index in [4.69, 9.17) is 4.74 Å². The number of nitrogens with one attached hydrogen (secondary N) is 2. The zero-order valence-corrected chi connectivity index (χ0v) is 11.2. The molecule has 1 aliphatic rings. The molecular formula is C11H17N3O3S. The second-order valence-corrected chi connectivity index (χ2v) is 4.79. The highest BCUT2D eigenvalue weighted by molar-refractivity contribution is 7.80.